The Labute approximate surface area is 152 Å². The highest BCUT2D eigenvalue weighted by Gasteiger charge is 2.32. The van der Waals surface area contributed by atoms with Crippen LogP contribution in [0.2, 0.25) is 0 Å². The van der Waals surface area contributed by atoms with Crippen LogP contribution in [0.5, 0.6) is 0 Å². The number of rotatable bonds is 4. The Morgan fingerprint density at radius 1 is 1.23 bits per heavy atom. The maximum absolute atomic E-state index is 12.9. The Balaban J connectivity index is 1.37. The predicted molar refractivity (Wildman–Crippen MR) is 94.8 cm³/mol. The Bertz CT molecular complexity index is 771. The zero-order valence-corrected chi connectivity index (χ0v) is 15.0. The average molecular weight is 356 g/mol. The van der Waals surface area contributed by atoms with E-state index in [-0.39, 0.29) is 17.7 Å². The Morgan fingerprint density at radius 2 is 1.96 bits per heavy atom. The Hall–Kier alpha value is -2.57. The van der Waals surface area contributed by atoms with Crippen molar-refractivity contribution in [2.75, 3.05) is 26.2 Å². The Kier molecular flexibility index (Phi) is 4.53. The second-order valence-electron chi connectivity index (χ2n) is 7.18. The first kappa shape index (κ1) is 16.9. The van der Waals surface area contributed by atoms with Gasteiger partial charge in [-0.2, -0.15) is 5.10 Å². The zero-order valence-electron chi connectivity index (χ0n) is 15.0. The van der Waals surface area contributed by atoms with Crippen molar-refractivity contribution in [3.05, 3.63) is 41.6 Å². The van der Waals surface area contributed by atoms with Crippen LogP contribution in [-0.2, 0) is 4.79 Å². The molecule has 138 valence electrons. The number of H-pyrrole nitrogens is 1. The molecule has 1 saturated carbocycles. The predicted octanol–water partition coefficient (Wildman–Crippen LogP) is 2.36. The van der Waals surface area contributed by atoms with Crippen molar-refractivity contribution in [1.29, 1.82) is 0 Å². The van der Waals surface area contributed by atoms with E-state index in [1.165, 1.54) is 6.42 Å². The molecule has 1 atom stereocenters. The summed E-state index contributed by atoms with van der Waals surface area (Å²) in [5, 5.41) is 6.98. The maximum atomic E-state index is 12.9. The van der Waals surface area contributed by atoms with Crippen LogP contribution in [0.3, 0.4) is 0 Å². The fraction of sp³-hybridized carbons (Fsp3) is 0.526. The monoisotopic (exact) mass is 356 g/mol. The smallest absolute Gasteiger partial charge is 0.272 e. The molecule has 2 aliphatic rings. The summed E-state index contributed by atoms with van der Waals surface area (Å²) in [6.07, 6.45) is 6.86. The minimum absolute atomic E-state index is 0.00409. The van der Waals surface area contributed by atoms with E-state index in [2.05, 4.69) is 10.2 Å². The fourth-order valence-corrected chi connectivity index (χ4v) is 3.72. The van der Waals surface area contributed by atoms with Gasteiger partial charge in [-0.15, -0.1) is 0 Å². The number of furan rings is 1. The van der Waals surface area contributed by atoms with Crippen LogP contribution < -0.4 is 0 Å². The topological polar surface area (TPSA) is 82.4 Å². The van der Waals surface area contributed by atoms with E-state index in [1.54, 1.807) is 18.5 Å². The van der Waals surface area contributed by atoms with Crippen molar-refractivity contribution in [3.63, 3.8) is 0 Å². The van der Waals surface area contributed by atoms with Crippen molar-refractivity contribution in [2.45, 2.75) is 38.0 Å². The van der Waals surface area contributed by atoms with Crippen molar-refractivity contribution in [2.24, 2.45) is 0 Å². The van der Waals surface area contributed by atoms with Gasteiger partial charge in [-0.1, -0.05) is 6.42 Å². The van der Waals surface area contributed by atoms with Gasteiger partial charge in [0.2, 0.25) is 5.91 Å². The van der Waals surface area contributed by atoms with Crippen LogP contribution in [0.1, 0.15) is 59.8 Å². The highest BCUT2D eigenvalue weighted by molar-refractivity contribution is 5.94. The van der Waals surface area contributed by atoms with Crippen molar-refractivity contribution < 1.29 is 14.0 Å². The number of amides is 2. The minimum atomic E-state index is -0.301. The summed E-state index contributed by atoms with van der Waals surface area (Å²) in [7, 11) is 0. The molecule has 1 saturated heterocycles. The molecule has 1 N–H and O–H groups in total. The summed E-state index contributed by atoms with van der Waals surface area (Å²) in [5.74, 6) is 0.880. The van der Waals surface area contributed by atoms with E-state index in [9.17, 15) is 9.59 Å². The largest absolute Gasteiger partial charge is 0.469 e. The van der Waals surface area contributed by atoms with Gasteiger partial charge in [-0.25, -0.2) is 0 Å². The molecule has 0 aromatic carbocycles. The lowest BCUT2D eigenvalue weighted by Crippen LogP contribution is -2.51. The number of piperazine rings is 1. The first-order chi connectivity index (χ1) is 12.6. The van der Waals surface area contributed by atoms with E-state index in [0.29, 0.717) is 43.6 Å². The standard InChI is InChI=1S/C19H24N4O3/c1-13(16-6-3-11-26-16)18(24)22-7-9-23(10-8-22)19(25)17-15(12-20-21-17)14-4-2-5-14/h3,6,11-14H,2,4-5,7-10H2,1H3,(H,20,21). The lowest BCUT2D eigenvalue weighted by atomic mass is 9.80. The summed E-state index contributed by atoms with van der Waals surface area (Å²) in [6, 6.07) is 3.61. The van der Waals surface area contributed by atoms with Crippen LogP contribution >= 0.6 is 0 Å². The van der Waals surface area contributed by atoms with Crippen LogP contribution in [0, 0.1) is 0 Å². The third-order valence-electron chi connectivity index (χ3n) is 5.65. The molecule has 3 heterocycles. The first-order valence-corrected chi connectivity index (χ1v) is 9.30. The molecule has 0 spiro atoms. The second kappa shape index (κ2) is 6.97. The molecule has 2 aromatic rings. The van der Waals surface area contributed by atoms with E-state index >= 15 is 0 Å². The lowest BCUT2D eigenvalue weighted by Gasteiger charge is -2.36. The Morgan fingerprint density at radius 3 is 2.58 bits per heavy atom. The molecule has 4 rings (SSSR count). The molecule has 7 heteroatoms. The number of nitrogens with zero attached hydrogens (tertiary/aromatic N) is 3. The van der Waals surface area contributed by atoms with Crippen LogP contribution in [0.4, 0.5) is 0 Å². The van der Waals surface area contributed by atoms with Gasteiger partial charge in [-0.3, -0.25) is 14.7 Å². The molecule has 1 aliphatic carbocycles. The van der Waals surface area contributed by atoms with Crippen LogP contribution in [0.15, 0.2) is 29.0 Å². The number of carbonyl (C=O) groups is 2. The molecule has 0 bridgehead atoms. The van der Waals surface area contributed by atoms with Gasteiger partial charge in [0.1, 0.15) is 11.5 Å². The molecular weight excluding hydrogens is 332 g/mol. The molecule has 2 fully saturated rings. The molecule has 2 amide bonds. The molecule has 26 heavy (non-hydrogen) atoms. The number of nitrogens with one attached hydrogen (secondary N) is 1. The number of aromatic nitrogens is 2. The summed E-state index contributed by atoms with van der Waals surface area (Å²) in [5.41, 5.74) is 1.67. The fourth-order valence-electron chi connectivity index (χ4n) is 3.72. The lowest BCUT2D eigenvalue weighted by molar-refractivity contribution is -0.134. The maximum Gasteiger partial charge on any atom is 0.272 e. The molecule has 7 nitrogen and oxygen atoms in total. The summed E-state index contributed by atoms with van der Waals surface area (Å²) < 4.78 is 5.34. The molecule has 0 radical (unpaired) electrons. The third-order valence-corrected chi connectivity index (χ3v) is 5.65. The molecule has 1 unspecified atom stereocenters. The van der Waals surface area contributed by atoms with Crippen LogP contribution in [-0.4, -0.2) is 58.0 Å². The number of carbonyl (C=O) groups excluding carboxylic acids is 2. The summed E-state index contributed by atoms with van der Waals surface area (Å²) in [4.78, 5) is 29.1. The van der Waals surface area contributed by atoms with Gasteiger partial charge >= 0.3 is 0 Å². The van der Waals surface area contributed by atoms with Gasteiger partial charge < -0.3 is 14.2 Å². The van der Waals surface area contributed by atoms with Gasteiger partial charge in [0, 0.05) is 31.7 Å². The van der Waals surface area contributed by atoms with Gasteiger partial charge in [0.05, 0.1) is 18.4 Å². The van der Waals surface area contributed by atoms with Gasteiger partial charge in [0.15, 0.2) is 0 Å². The highest BCUT2D eigenvalue weighted by Crippen LogP contribution is 2.37. The van der Waals surface area contributed by atoms with E-state index in [0.717, 1.165) is 18.4 Å². The summed E-state index contributed by atoms with van der Waals surface area (Å²) >= 11 is 0. The number of hydrogen-bond acceptors (Lipinski definition) is 4. The highest BCUT2D eigenvalue weighted by atomic mass is 16.3. The normalized spacial score (nSPS) is 19.3. The van der Waals surface area contributed by atoms with Crippen molar-refractivity contribution in [1.82, 2.24) is 20.0 Å². The zero-order chi connectivity index (χ0) is 18.1. The van der Waals surface area contributed by atoms with E-state index in [4.69, 9.17) is 4.42 Å². The van der Waals surface area contributed by atoms with Crippen molar-refractivity contribution in [3.8, 4) is 0 Å². The molecule has 2 aromatic heterocycles. The van der Waals surface area contributed by atoms with E-state index in [1.807, 2.05) is 22.8 Å². The quantitative estimate of drug-likeness (QED) is 0.912. The van der Waals surface area contributed by atoms with Gasteiger partial charge in [-0.05, 0) is 37.8 Å². The number of aromatic amines is 1. The minimum Gasteiger partial charge on any atom is -0.469 e. The molecular formula is C19H24N4O3. The SMILES string of the molecule is CC(C(=O)N1CCN(C(=O)c2[nH]ncc2C2CCC2)CC1)c1ccco1. The van der Waals surface area contributed by atoms with Gasteiger partial charge in [0.25, 0.3) is 5.91 Å². The second-order valence-corrected chi connectivity index (χ2v) is 7.18. The first-order valence-electron chi connectivity index (χ1n) is 9.30. The number of hydrogen-bond donors (Lipinski definition) is 1. The van der Waals surface area contributed by atoms with Crippen molar-refractivity contribution >= 4 is 11.8 Å². The third kappa shape index (κ3) is 3.02. The van der Waals surface area contributed by atoms with E-state index < -0.39 is 0 Å². The average Bonchev–Trinajstić information content (AvgIpc) is 3.31. The summed E-state index contributed by atoms with van der Waals surface area (Å²) in [6.45, 7) is 4.02. The molecule has 1 aliphatic heterocycles. The van der Waals surface area contributed by atoms with Crippen LogP contribution in [0.25, 0.3) is 0 Å².